The second kappa shape index (κ2) is 14.2. The van der Waals surface area contributed by atoms with E-state index in [4.69, 9.17) is 14.6 Å². The smallest absolute Gasteiger partial charge is 0.337 e. The lowest BCUT2D eigenvalue weighted by molar-refractivity contribution is -0.206. The van der Waals surface area contributed by atoms with Crippen LogP contribution in [0.4, 0.5) is 0 Å². The zero-order valence-electron chi connectivity index (χ0n) is 16.7. The zero-order chi connectivity index (χ0) is 22.3. The molecule has 1 rings (SSSR count). The average molecular weight is 406 g/mol. The molecule has 11 heteroatoms. The summed E-state index contributed by atoms with van der Waals surface area (Å²) in [5.41, 5.74) is 0. The fourth-order valence-corrected chi connectivity index (χ4v) is 1.60. The maximum absolute atomic E-state index is 11.0. The number of hydrogen-bond donors (Lipinski definition) is 1. The van der Waals surface area contributed by atoms with Gasteiger partial charge in [-0.2, -0.15) is 0 Å². The number of Topliss-reactive ketones (excluding diaryl/α,β-unsaturated/α-hetero) is 1. The van der Waals surface area contributed by atoms with Gasteiger partial charge in [0.25, 0.3) is 0 Å². The van der Waals surface area contributed by atoms with Gasteiger partial charge in [-0.1, -0.05) is 0 Å². The Morgan fingerprint density at radius 3 is 1.68 bits per heavy atom. The van der Waals surface area contributed by atoms with Gasteiger partial charge in [-0.3, -0.25) is 19.2 Å². The van der Waals surface area contributed by atoms with E-state index < -0.39 is 35.4 Å². The van der Waals surface area contributed by atoms with Gasteiger partial charge in [0.15, 0.2) is 5.78 Å². The zero-order valence-corrected chi connectivity index (χ0v) is 16.7. The third-order valence-electron chi connectivity index (χ3n) is 2.69. The fourth-order valence-electron chi connectivity index (χ4n) is 1.60. The average Bonchev–Trinajstić information content (AvgIpc) is 2.61. The molecule has 0 unspecified atom stereocenters. The summed E-state index contributed by atoms with van der Waals surface area (Å²) in [5.74, 6) is -3.53. The Kier molecular flexibility index (Phi) is 13.8. The van der Waals surface area contributed by atoms with E-state index in [0.29, 0.717) is 0 Å². The van der Waals surface area contributed by atoms with Crippen molar-refractivity contribution in [1.29, 1.82) is 0 Å². The molecule has 1 N–H and O–H groups in total. The lowest BCUT2D eigenvalue weighted by Gasteiger charge is -2.30. The number of carbonyl (C=O) groups excluding carboxylic acids is 5. The van der Waals surface area contributed by atoms with E-state index in [2.05, 4.69) is 14.2 Å². The van der Waals surface area contributed by atoms with Crippen LogP contribution in [0.15, 0.2) is 11.8 Å². The molecule has 0 bridgehead atoms. The predicted molar refractivity (Wildman–Crippen MR) is 92.4 cm³/mol. The van der Waals surface area contributed by atoms with Crippen molar-refractivity contribution in [1.82, 2.24) is 0 Å². The monoisotopic (exact) mass is 406 g/mol. The number of carbonyl (C=O) groups is 5. The molecule has 0 amide bonds. The van der Waals surface area contributed by atoms with Crippen molar-refractivity contribution >= 4 is 29.7 Å². The van der Waals surface area contributed by atoms with E-state index in [1.807, 2.05) is 0 Å². The van der Waals surface area contributed by atoms with Crippen molar-refractivity contribution in [2.75, 3.05) is 28.4 Å². The summed E-state index contributed by atoms with van der Waals surface area (Å²) in [6, 6.07) is 0. The maximum Gasteiger partial charge on any atom is 0.337 e. The van der Waals surface area contributed by atoms with E-state index in [1.54, 1.807) is 13.8 Å². The van der Waals surface area contributed by atoms with Crippen molar-refractivity contribution in [3.8, 4) is 0 Å². The van der Waals surface area contributed by atoms with Gasteiger partial charge in [0.1, 0.15) is 25.0 Å². The van der Waals surface area contributed by atoms with Gasteiger partial charge in [-0.05, 0) is 0 Å². The fraction of sp³-hybridized carbons (Fsp3) is 0.588. The number of ether oxygens (including phenoxy) is 5. The lowest BCUT2D eigenvalue weighted by atomic mass is 10.2. The van der Waals surface area contributed by atoms with Crippen LogP contribution in [0.5, 0.6) is 0 Å². The highest BCUT2D eigenvalue weighted by Crippen LogP contribution is 2.23. The highest BCUT2D eigenvalue weighted by molar-refractivity contribution is 6.03. The van der Waals surface area contributed by atoms with Crippen LogP contribution in [0.1, 0.15) is 33.1 Å². The Morgan fingerprint density at radius 2 is 1.32 bits per heavy atom. The molecule has 11 nitrogen and oxygen atoms in total. The van der Waals surface area contributed by atoms with Crippen LogP contribution in [-0.4, -0.2) is 69.0 Å². The molecule has 1 aliphatic rings. The van der Waals surface area contributed by atoms with E-state index in [-0.39, 0.29) is 25.0 Å². The summed E-state index contributed by atoms with van der Waals surface area (Å²) in [7, 11) is 4.62. The first-order chi connectivity index (χ1) is 13.0. The standard InChI is InChI=1S/C9H12O5.C7H10O5.CH4O/c1-9(2)13-6(4-7(10)12-3)5-8(11)14-9;1-11-6(9)3-5(8)4-7(10)12-2;1-2/h5H,4H2,1-3H3;3-4H2,1-2H3;2H,1H3. The third kappa shape index (κ3) is 13.3. The number of hydrogen-bond acceptors (Lipinski definition) is 11. The Bertz CT molecular complexity index is 570. The number of ketones is 1. The minimum Gasteiger partial charge on any atom is -0.469 e. The minimum atomic E-state index is -1.02. The molecule has 0 aromatic rings. The molecule has 160 valence electrons. The SMILES string of the molecule is CO.COC(=O)CC(=O)CC(=O)OC.COC(=O)CC1=CC(=O)OC(C)(C)O1. The van der Waals surface area contributed by atoms with Gasteiger partial charge >= 0.3 is 23.9 Å². The number of aliphatic hydroxyl groups excluding tert-OH is 1. The lowest BCUT2D eigenvalue weighted by Crippen LogP contribution is -2.34. The van der Waals surface area contributed by atoms with Gasteiger partial charge in [0.2, 0.25) is 5.79 Å². The van der Waals surface area contributed by atoms with Crippen molar-refractivity contribution in [2.24, 2.45) is 0 Å². The van der Waals surface area contributed by atoms with Crippen molar-refractivity contribution in [2.45, 2.75) is 38.9 Å². The number of rotatable bonds is 6. The largest absolute Gasteiger partial charge is 0.469 e. The number of cyclic esters (lactones) is 1. The molecule has 1 heterocycles. The molecule has 0 aliphatic carbocycles. The third-order valence-corrected chi connectivity index (χ3v) is 2.69. The van der Waals surface area contributed by atoms with Crippen LogP contribution < -0.4 is 0 Å². The van der Waals surface area contributed by atoms with Crippen LogP contribution in [0.3, 0.4) is 0 Å². The Labute approximate surface area is 162 Å². The molecule has 0 spiro atoms. The van der Waals surface area contributed by atoms with Crippen molar-refractivity contribution < 1.29 is 52.8 Å². The van der Waals surface area contributed by atoms with Gasteiger partial charge in [-0.25, -0.2) is 4.79 Å². The minimum absolute atomic E-state index is 0.0605. The molecule has 0 saturated heterocycles. The molecule has 0 aromatic carbocycles. The highest BCUT2D eigenvalue weighted by Gasteiger charge is 2.30. The first kappa shape index (κ1) is 27.3. The van der Waals surface area contributed by atoms with Crippen LogP contribution in [-0.2, 0) is 47.7 Å². The quantitative estimate of drug-likeness (QED) is 0.361. The normalized spacial score (nSPS) is 13.5. The molecule has 0 aromatic heterocycles. The Morgan fingerprint density at radius 1 is 0.893 bits per heavy atom. The molecule has 0 fully saturated rings. The van der Waals surface area contributed by atoms with E-state index in [9.17, 15) is 24.0 Å². The summed E-state index contributed by atoms with van der Waals surface area (Å²) in [4.78, 5) is 53.7. The van der Waals surface area contributed by atoms with Crippen LogP contribution in [0, 0.1) is 0 Å². The molecule has 1 aliphatic heterocycles. The van der Waals surface area contributed by atoms with E-state index in [1.165, 1.54) is 21.3 Å². The van der Waals surface area contributed by atoms with Crippen LogP contribution in [0.2, 0.25) is 0 Å². The van der Waals surface area contributed by atoms with Gasteiger partial charge < -0.3 is 28.8 Å². The molecule has 0 saturated carbocycles. The summed E-state index contributed by atoms with van der Waals surface area (Å²) in [6.07, 6.45) is 0.314. The second-order valence-electron chi connectivity index (χ2n) is 5.33. The molecular weight excluding hydrogens is 380 g/mol. The van der Waals surface area contributed by atoms with Crippen LogP contribution >= 0.6 is 0 Å². The number of methoxy groups -OCH3 is 3. The molecular formula is C17H26O11. The van der Waals surface area contributed by atoms with Gasteiger partial charge in [0.05, 0.1) is 27.4 Å². The maximum atomic E-state index is 11.0. The Balaban J connectivity index is 0. The molecule has 28 heavy (non-hydrogen) atoms. The number of aliphatic hydroxyl groups is 1. The second-order valence-corrected chi connectivity index (χ2v) is 5.33. The molecule has 0 radical (unpaired) electrons. The van der Waals surface area contributed by atoms with E-state index >= 15 is 0 Å². The predicted octanol–water partition coefficient (Wildman–Crippen LogP) is 0.0331. The van der Waals surface area contributed by atoms with Gasteiger partial charge in [0, 0.05) is 21.0 Å². The first-order valence-corrected chi connectivity index (χ1v) is 7.82. The summed E-state index contributed by atoms with van der Waals surface area (Å²) < 4.78 is 23.0. The van der Waals surface area contributed by atoms with Crippen molar-refractivity contribution in [3.63, 3.8) is 0 Å². The van der Waals surface area contributed by atoms with Crippen LogP contribution in [0.25, 0.3) is 0 Å². The molecule has 0 atom stereocenters. The van der Waals surface area contributed by atoms with Gasteiger partial charge in [-0.15, -0.1) is 0 Å². The first-order valence-electron chi connectivity index (χ1n) is 7.82. The summed E-state index contributed by atoms with van der Waals surface area (Å²) in [6.45, 7) is 3.18. The highest BCUT2D eigenvalue weighted by atomic mass is 16.7. The summed E-state index contributed by atoms with van der Waals surface area (Å²) in [5, 5.41) is 7.00. The number of esters is 4. The summed E-state index contributed by atoms with van der Waals surface area (Å²) >= 11 is 0. The topological polar surface area (TPSA) is 152 Å². The van der Waals surface area contributed by atoms with E-state index in [0.717, 1.165) is 13.2 Å². The van der Waals surface area contributed by atoms with Crippen molar-refractivity contribution in [3.05, 3.63) is 11.8 Å². The Hall–Kier alpha value is -2.95.